The smallest absolute Gasteiger partial charge is 0.191 e. The molecule has 0 saturated carbocycles. The molecule has 0 aromatic heterocycles. The maximum absolute atomic E-state index is 6.33. The lowest BCUT2D eigenvalue weighted by molar-refractivity contribution is 0.0505. The van der Waals surface area contributed by atoms with E-state index in [0.29, 0.717) is 12.4 Å². The summed E-state index contributed by atoms with van der Waals surface area (Å²) >= 11 is 0. The Morgan fingerprint density at radius 2 is 1.46 bits per heavy atom. The molecule has 1 heterocycles. The van der Waals surface area contributed by atoms with E-state index in [-0.39, 0.29) is 31.1 Å². The highest BCUT2D eigenvalue weighted by molar-refractivity contribution is 6.74. The monoisotopic (exact) mass is 646 g/mol. The van der Waals surface area contributed by atoms with Crippen molar-refractivity contribution in [1.29, 1.82) is 0 Å². The largest absolute Gasteiger partial charge is 0.492 e. The third-order valence-corrected chi connectivity index (χ3v) is 13.6. The van der Waals surface area contributed by atoms with Crippen LogP contribution in [0.2, 0.25) is 18.1 Å². The van der Waals surface area contributed by atoms with Crippen LogP contribution in [0, 0.1) is 11.8 Å². The molecule has 0 fully saturated rings. The van der Waals surface area contributed by atoms with E-state index in [4.69, 9.17) is 32.8 Å². The summed E-state index contributed by atoms with van der Waals surface area (Å²) in [5, 5.41) is 0.231. The molecule has 1 aliphatic rings. The Hall–Kier alpha value is -3.48. The molecule has 1 aliphatic heterocycles. The first kappa shape index (κ1) is 35.4. The molecule has 2 unspecified atom stereocenters. The van der Waals surface area contributed by atoms with Crippen LogP contribution in [0.15, 0.2) is 66.7 Å². The number of ether oxygens (including phenoxy) is 6. The first-order chi connectivity index (χ1) is 22.0. The fourth-order valence-electron chi connectivity index (χ4n) is 5.13. The van der Waals surface area contributed by atoms with Crippen LogP contribution in [-0.4, -0.2) is 55.9 Å². The van der Waals surface area contributed by atoms with Crippen molar-refractivity contribution in [1.82, 2.24) is 0 Å². The molecule has 0 radical (unpaired) electrons. The molecule has 0 aliphatic carbocycles. The minimum Gasteiger partial charge on any atom is -0.492 e. The summed E-state index contributed by atoms with van der Waals surface area (Å²) in [5.74, 6) is 9.69. The van der Waals surface area contributed by atoms with E-state index < -0.39 is 13.7 Å². The Labute approximate surface area is 276 Å². The topological polar surface area (TPSA) is 64.6 Å². The van der Waals surface area contributed by atoms with Crippen LogP contribution in [0.3, 0.4) is 0 Å². The van der Waals surface area contributed by atoms with Crippen molar-refractivity contribution in [3.8, 4) is 34.8 Å². The number of hydrogen-bond acceptors (Lipinski definition) is 7. The van der Waals surface area contributed by atoms with E-state index in [1.807, 2.05) is 42.5 Å². The second-order valence-corrected chi connectivity index (χ2v) is 18.2. The summed E-state index contributed by atoms with van der Waals surface area (Å²) in [5.41, 5.74) is 2.98. The number of benzene rings is 3. The van der Waals surface area contributed by atoms with Crippen molar-refractivity contribution in [3.63, 3.8) is 0 Å². The molecular weight excluding hydrogens is 596 g/mol. The fraction of sp³-hybridized carbons (Fsp3) is 0.474. The van der Waals surface area contributed by atoms with Gasteiger partial charge in [0.15, 0.2) is 21.9 Å². The molecule has 0 bridgehead atoms. The van der Waals surface area contributed by atoms with Gasteiger partial charge >= 0.3 is 0 Å². The van der Waals surface area contributed by atoms with Gasteiger partial charge in [-0.3, -0.25) is 0 Å². The molecule has 0 saturated heterocycles. The predicted octanol–water partition coefficient (Wildman–Crippen LogP) is 8.12. The second kappa shape index (κ2) is 15.9. The number of hydrogen-bond donors (Lipinski definition) is 0. The standard InChI is InChI=1S/C38H50O7Si/c1-37(2,3)46(7,8)45-24-9-11-29-13-17-31(18-14-29)41-23-10-12-35-34-22-21-33(44-28-40-6)25-36(34)42-26-38(35,4)30-15-19-32(20-16-30)43-27-39-5/h13-22,25,35H,9,11,23-24,26-28H2,1-8H3. The van der Waals surface area contributed by atoms with Gasteiger partial charge in [-0.05, 0) is 72.4 Å². The van der Waals surface area contributed by atoms with Crippen LogP contribution in [0.1, 0.15) is 56.7 Å². The first-order valence-corrected chi connectivity index (χ1v) is 18.8. The molecule has 4 rings (SSSR count). The summed E-state index contributed by atoms with van der Waals surface area (Å²) in [6.07, 6.45) is 1.99. The molecule has 7 nitrogen and oxygen atoms in total. The van der Waals surface area contributed by atoms with Gasteiger partial charge in [0, 0.05) is 37.9 Å². The first-order valence-electron chi connectivity index (χ1n) is 15.9. The zero-order valence-electron chi connectivity index (χ0n) is 28.7. The molecule has 2 atom stereocenters. The van der Waals surface area contributed by atoms with Crippen LogP contribution in [0.4, 0.5) is 0 Å². The van der Waals surface area contributed by atoms with Gasteiger partial charge < -0.3 is 32.8 Å². The summed E-state index contributed by atoms with van der Waals surface area (Å²) in [7, 11) is 1.50. The van der Waals surface area contributed by atoms with Gasteiger partial charge in [-0.25, -0.2) is 0 Å². The van der Waals surface area contributed by atoms with Crippen molar-refractivity contribution >= 4 is 8.32 Å². The van der Waals surface area contributed by atoms with Crippen LogP contribution in [0.25, 0.3) is 0 Å². The molecular formula is C38H50O7Si. The minimum atomic E-state index is -1.71. The quantitative estimate of drug-likeness (QED) is 0.0759. The second-order valence-electron chi connectivity index (χ2n) is 13.4. The Bertz CT molecular complexity index is 1450. The summed E-state index contributed by atoms with van der Waals surface area (Å²) in [4.78, 5) is 0. The van der Waals surface area contributed by atoms with E-state index in [1.165, 1.54) is 5.56 Å². The van der Waals surface area contributed by atoms with Crippen LogP contribution < -0.4 is 18.9 Å². The van der Waals surface area contributed by atoms with E-state index in [9.17, 15) is 0 Å². The highest BCUT2D eigenvalue weighted by Gasteiger charge is 2.42. The Morgan fingerprint density at radius 1 is 0.848 bits per heavy atom. The molecule has 0 amide bonds. The summed E-state index contributed by atoms with van der Waals surface area (Å²) < 4.78 is 40.1. The zero-order chi connectivity index (χ0) is 33.2. The number of rotatable bonds is 14. The van der Waals surface area contributed by atoms with E-state index in [2.05, 4.69) is 76.9 Å². The summed E-state index contributed by atoms with van der Waals surface area (Å²) in [6, 6.07) is 22.2. The average molecular weight is 647 g/mol. The molecule has 3 aromatic carbocycles. The van der Waals surface area contributed by atoms with Crippen molar-refractivity contribution in [2.24, 2.45) is 0 Å². The van der Waals surface area contributed by atoms with Gasteiger partial charge in [-0.1, -0.05) is 69.9 Å². The maximum Gasteiger partial charge on any atom is 0.191 e. The van der Waals surface area contributed by atoms with Gasteiger partial charge in [0.1, 0.15) is 29.6 Å². The van der Waals surface area contributed by atoms with Crippen molar-refractivity contribution in [2.45, 2.75) is 70.0 Å². The van der Waals surface area contributed by atoms with Crippen LogP contribution in [0.5, 0.6) is 23.0 Å². The molecule has 8 heteroatoms. The predicted molar refractivity (Wildman–Crippen MR) is 185 cm³/mol. The van der Waals surface area contributed by atoms with E-state index >= 15 is 0 Å². The van der Waals surface area contributed by atoms with Gasteiger partial charge in [0.05, 0.1) is 12.5 Å². The molecule has 46 heavy (non-hydrogen) atoms. The van der Waals surface area contributed by atoms with Crippen LogP contribution >= 0.6 is 0 Å². The average Bonchev–Trinajstić information content (AvgIpc) is 3.04. The van der Waals surface area contributed by atoms with Gasteiger partial charge in [0.2, 0.25) is 0 Å². The van der Waals surface area contributed by atoms with Gasteiger partial charge in [-0.2, -0.15) is 0 Å². The molecule has 0 spiro atoms. The lowest BCUT2D eigenvalue weighted by Crippen LogP contribution is -2.41. The Kier molecular flexibility index (Phi) is 12.2. The molecule has 0 N–H and O–H groups in total. The Balaban J connectivity index is 1.43. The fourth-order valence-corrected chi connectivity index (χ4v) is 6.22. The van der Waals surface area contributed by atoms with Crippen molar-refractivity contribution in [2.75, 3.05) is 47.6 Å². The SMILES string of the molecule is COCOc1ccc(C2(C)COc3cc(OCOC)ccc3C2C#CCOc2ccc(CCCO[Si](C)(C)C(C)(C)C)cc2)cc1. The van der Waals surface area contributed by atoms with E-state index in [0.717, 1.165) is 47.8 Å². The summed E-state index contributed by atoms with van der Waals surface area (Å²) in [6.45, 7) is 15.5. The third kappa shape index (κ3) is 9.07. The number of methoxy groups -OCH3 is 2. The third-order valence-electron chi connectivity index (χ3n) is 9.02. The maximum atomic E-state index is 6.33. The van der Waals surface area contributed by atoms with Gasteiger partial charge in [0.25, 0.3) is 0 Å². The highest BCUT2D eigenvalue weighted by atomic mass is 28.4. The zero-order valence-corrected chi connectivity index (χ0v) is 29.7. The molecule has 3 aromatic rings. The minimum absolute atomic E-state index is 0.141. The lowest BCUT2D eigenvalue weighted by atomic mass is 9.68. The Morgan fingerprint density at radius 3 is 2.11 bits per heavy atom. The normalized spacial score (nSPS) is 17.7. The number of aryl methyl sites for hydroxylation is 1. The van der Waals surface area contributed by atoms with Crippen LogP contribution in [-0.2, 0) is 25.7 Å². The van der Waals surface area contributed by atoms with Crippen molar-refractivity contribution < 1.29 is 32.8 Å². The highest BCUT2D eigenvalue weighted by Crippen LogP contribution is 2.47. The number of fused-ring (bicyclic) bond motifs is 1. The van der Waals surface area contributed by atoms with E-state index in [1.54, 1.807) is 14.2 Å². The molecule has 248 valence electrons. The van der Waals surface area contributed by atoms with Gasteiger partial charge in [-0.15, -0.1) is 0 Å². The lowest BCUT2D eigenvalue weighted by Gasteiger charge is -2.40. The van der Waals surface area contributed by atoms with Crippen molar-refractivity contribution in [3.05, 3.63) is 83.4 Å².